The van der Waals surface area contributed by atoms with Gasteiger partial charge in [0.25, 0.3) is 5.91 Å². The van der Waals surface area contributed by atoms with E-state index < -0.39 is 0 Å². The number of furan rings is 1. The SMILES string of the molecule is CC1Cc2ccccc2N1Cc1ccoc1C(=O)NC(CN)C1CC1.Cl.Cl. The molecule has 2 atom stereocenters. The normalized spacial score (nSPS) is 18.9. The Labute approximate surface area is 172 Å². The zero-order valence-corrected chi connectivity index (χ0v) is 17.0. The fourth-order valence-electron chi connectivity index (χ4n) is 3.82. The van der Waals surface area contributed by atoms with Gasteiger partial charge in [-0.05, 0) is 49.8 Å². The smallest absolute Gasteiger partial charge is 0.287 e. The van der Waals surface area contributed by atoms with Crippen molar-refractivity contribution >= 4 is 36.4 Å². The summed E-state index contributed by atoms with van der Waals surface area (Å²) in [7, 11) is 0. The lowest BCUT2D eigenvalue weighted by molar-refractivity contribution is 0.0904. The molecule has 1 aromatic heterocycles. The average molecular weight is 412 g/mol. The van der Waals surface area contributed by atoms with Crippen LogP contribution in [0.5, 0.6) is 0 Å². The Morgan fingerprint density at radius 3 is 2.74 bits per heavy atom. The number of halogens is 2. The first-order valence-corrected chi connectivity index (χ1v) is 9.09. The number of nitrogens with two attached hydrogens (primary N) is 1. The van der Waals surface area contributed by atoms with E-state index >= 15 is 0 Å². The number of nitrogens with zero attached hydrogens (tertiary/aromatic N) is 1. The van der Waals surface area contributed by atoms with Gasteiger partial charge < -0.3 is 20.4 Å². The molecule has 1 saturated carbocycles. The van der Waals surface area contributed by atoms with E-state index in [1.807, 2.05) is 6.07 Å². The Morgan fingerprint density at radius 1 is 1.30 bits per heavy atom. The number of hydrogen-bond acceptors (Lipinski definition) is 4. The van der Waals surface area contributed by atoms with Crippen molar-refractivity contribution in [2.75, 3.05) is 11.4 Å². The summed E-state index contributed by atoms with van der Waals surface area (Å²) in [6.45, 7) is 3.37. The van der Waals surface area contributed by atoms with Gasteiger partial charge in [-0.2, -0.15) is 0 Å². The molecule has 27 heavy (non-hydrogen) atoms. The van der Waals surface area contributed by atoms with Crippen molar-refractivity contribution in [2.24, 2.45) is 11.7 Å². The van der Waals surface area contributed by atoms with Gasteiger partial charge in [0, 0.05) is 36.4 Å². The molecule has 1 fully saturated rings. The molecule has 0 bridgehead atoms. The van der Waals surface area contributed by atoms with Crippen LogP contribution in [-0.4, -0.2) is 24.5 Å². The first kappa shape index (κ1) is 21.6. The molecule has 0 radical (unpaired) electrons. The van der Waals surface area contributed by atoms with Crippen LogP contribution in [0, 0.1) is 5.92 Å². The molecule has 1 amide bonds. The molecule has 1 aromatic carbocycles. The maximum Gasteiger partial charge on any atom is 0.287 e. The molecule has 4 rings (SSSR count). The largest absolute Gasteiger partial charge is 0.459 e. The van der Waals surface area contributed by atoms with Gasteiger partial charge in [-0.25, -0.2) is 0 Å². The third kappa shape index (κ3) is 4.42. The summed E-state index contributed by atoms with van der Waals surface area (Å²) in [6, 6.07) is 10.8. The zero-order chi connectivity index (χ0) is 17.4. The van der Waals surface area contributed by atoms with E-state index in [4.69, 9.17) is 10.2 Å². The molecule has 148 valence electrons. The van der Waals surface area contributed by atoms with Crippen molar-refractivity contribution in [2.45, 2.75) is 44.8 Å². The predicted molar refractivity (Wildman–Crippen MR) is 112 cm³/mol. The van der Waals surface area contributed by atoms with Crippen LogP contribution in [0.25, 0.3) is 0 Å². The van der Waals surface area contributed by atoms with E-state index in [9.17, 15) is 4.79 Å². The van der Waals surface area contributed by atoms with Crippen LogP contribution in [0.3, 0.4) is 0 Å². The van der Waals surface area contributed by atoms with Gasteiger partial charge in [0.05, 0.1) is 6.26 Å². The summed E-state index contributed by atoms with van der Waals surface area (Å²) in [5, 5.41) is 3.05. The van der Waals surface area contributed by atoms with Crippen LogP contribution in [0.15, 0.2) is 41.0 Å². The number of carbonyl (C=O) groups is 1. The third-order valence-electron chi connectivity index (χ3n) is 5.40. The summed E-state index contributed by atoms with van der Waals surface area (Å²) in [4.78, 5) is 15.0. The first-order chi connectivity index (χ1) is 12.2. The van der Waals surface area contributed by atoms with Gasteiger partial charge >= 0.3 is 0 Å². The van der Waals surface area contributed by atoms with Crippen LogP contribution in [0.1, 0.15) is 41.4 Å². The first-order valence-electron chi connectivity index (χ1n) is 9.09. The fraction of sp³-hybridized carbons (Fsp3) is 0.450. The highest BCUT2D eigenvalue weighted by atomic mass is 35.5. The number of para-hydroxylation sites is 1. The van der Waals surface area contributed by atoms with Crippen LogP contribution in [0.2, 0.25) is 0 Å². The minimum Gasteiger partial charge on any atom is -0.459 e. The van der Waals surface area contributed by atoms with Gasteiger partial charge in [0.1, 0.15) is 0 Å². The van der Waals surface area contributed by atoms with E-state index in [1.165, 1.54) is 11.3 Å². The summed E-state index contributed by atoms with van der Waals surface area (Å²) in [6.07, 6.45) is 4.93. The topological polar surface area (TPSA) is 71.5 Å². The Morgan fingerprint density at radius 2 is 2.04 bits per heavy atom. The number of hydrogen-bond donors (Lipinski definition) is 2. The Bertz CT molecular complexity index is 776. The van der Waals surface area contributed by atoms with Crippen LogP contribution >= 0.6 is 24.8 Å². The standard InChI is InChI=1S/C20H25N3O2.2ClH/c1-13-10-15-4-2-3-5-18(15)23(13)12-16-8-9-25-19(16)20(24)22-17(11-21)14-6-7-14;;/h2-5,8-9,13-14,17H,6-7,10-12,21H2,1H3,(H,22,24);2*1H. The summed E-state index contributed by atoms with van der Waals surface area (Å²) in [5.41, 5.74) is 9.34. The monoisotopic (exact) mass is 411 g/mol. The molecule has 2 unspecified atom stereocenters. The van der Waals surface area contributed by atoms with Crippen LogP contribution in [0.4, 0.5) is 5.69 Å². The molecule has 7 heteroatoms. The fourth-order valence-corrected chi connectivity index (χ4v) is 3.82. The van der Waals surface area contributed by atoms with Gasteiger partial charge in [-0.1, -0.05) is 18.2 Å². The minimum absolute atomic E-state index is 0. The second-order valence-corrected chi connectivity index (χ2v) is 7.24. The summed E-state index contributed by atoms with van der Waals surface area (Å²) >= 11 is 0. The van der Waals surface area contributed by atoms with E-state index in [0.29, 0.717) is 30.8 Å². The number of carbonyl (C=O) groups excluding carboxylic acids is 1. The zero-order valence-electron chi connectivity index (χ0n) is 15.4. The second kappa shape index (κ2) is 9.00. The Hall–Kier alpha value is -1.69. The molecular weight excluding hydrogens is 385 g/mol. The Kier molecular flexibility index (Phi) is 7.20. The molecule has 3 N–H and O–H groups in total. The molecule has 1 aliphatic carbocycles. The lowest BCUT2D eigenvalue weighted by Crippen LogP contribution is -2.42. The minimum atomic E-state index is -0.150. The molecular formula is C20H27Cl2N3O2. The lowest BCUT2D eigenvalue weighted by atomic mass is 10.1. The van der Waals surface area contributed by atoms with Crippen molar-refractivity contribution < 1.29 is 9.21 Å². The van der Waals surface area contributed by atoms with Crippen molar-refractivity contribution in [1.29, 1.82) is 0 Å². The highest BCUT2D eigenvalue weighted by molar-refractivity contribution is 5.93. The van der Waals surface area contributed by atoms with Gasteiger partial charge in [-0.3, -0.25) is 4.79 Å². The molecule has 2 aromatic rings. The molecule has 5 nitrogen and oxygen atoms in total. The van der Waals surface area contributed by atoms with Crippen LogP contribution < -0.4 is 16.0 Å². The number of amides is 1. The third-order valence-corrected chi connectivity index (χ3v) is 5.40. The number of nitrogens with one attached hydrogen (secondary N) is 1. The Balaban J connectivity index is 0.00000131. The summed E-state index contributed by atoms with van der Waals surface area (Å²) in [5.74, 6) is 0.788. The molecule has 1 aliphatic heterocycles. The number of benzene rings is 1. The van der Waals surface area contributed by atoms with Crippen molar-refractivity contribution in [3.05, 3.63) is 53.5 Å². The average Bonchev–Trinajstić information content (AvgIpc) is 3.27. The predicted octanol–water partition coefficient (Wildman–Crippen LogP) is 3.54. The van der Waals surface area contributed by atoms with Gasteiger partial charge in [0.15, 0.2) is 5.76 Å². The lowest BCUT2D eigenvalue weighted by Gasteiger charge is -2.25. The second-order valence-electron chi connectivity index (χ2n) is 7.24. The molecule has 0 saturated heterocycles. The molecule has 2 heterocycles. The van der Waals surface area contributed by atoms with Gasteiger partial charge in [0.2, 0.25) is 0 Å². The van der Waals surface area contributed by atoms with Crippen molar-refractivity contribution in [3.63, 3.8) is 0 Å². The number of fused-ring (bicyclic) bond motifs is 1. The summed E-state index contributed by atoms with van der Waals surface area (Å²) < 4.78 is 5.53. The maximum absolute atomic E-state index is 12.7. The van der Waals surface area contributed by atoms with Crippen molar-refractivity contribution in [3.8, 4) is 0 Å². The highest BCUT2D eigenvalue weighted by Crippen LogP contribution is 2.34. The maximum atomic E-state index is 12.7. The van der Waals surface area contributed by atoms with E-state index in [0.717, 1.165) is 24.8 Å². The van der Waals surface area contributed by atoms with E-state index in [1.54, 1.807) is 6.26 Å². The molecule has 0 spiro atoms. The van der Waals surface area contributed by atoms with E-state index in [2.05, 4.69) is 41.4 Å². The van der Waals surface area contributed by atoms with E-state index in [-0.39, 0.29) is 36.8 Å². The number of rotatable bonds is 6. The van der Waals surface area contributed by atoms with Gasteiger partial charge in [-0.15, -0.1) is 24.8 Å². The highest BCUT2D eigenvalue weighted by Gasteiger charge is 2.33. The molecule has 2 aliphatic rings. The van der Waals surface area contributed by atoms with Crippen LogP contribution in [-0.2, 0) is 13.0 Å². The van der Waals surface area contributed by atoms with Crippen molar-refractivity contribution in [1.82, 2.24) is 5.32 Å². The quantitative estimate of drug-likeness (QED) is 0.762. The number of anilines is 1.